The fourth-order valence-corrected chi connectivity index (χ4v) is 9.62. The number of ether oxygens (including phenoxy) is 1. The van der Waals surface area contributed by atoms with Gasteiger partial charge in [-0.15, -0.1) is 0 Å². The Kier molecular flexibility index (Phi) is 10.8. The van der Waals surface area contributed by atoms with Crippen LogP contribution < -0.4 is 14.4 Å². The monoisotopic (exact) mass is 684 g/mol. The summed E-state index contributed by atoms with van der Waals surface area (Å²) in [5, 5.41) is 0.0687. The first-order chi connectivity index (χ1) is 22.5. The zero-order chi connectivity index (χ0) is 33.3. The fourth-order valence-electron chi connectivity index (χ4n) is 8.12. The van der Waals surface area contributed by atoms with E-state index in [2.05, 4.69) is 39.6 Å². The van der Waals surface area contributed by atoms with Gasteiger partial charge in [0.2, 0.25) is 10.0 Å². The Morgan fingerprint density at radius 2 is 1.77 bits per heavy atom. The summed E-state index contributed by atoms with van der Waals surface area (Å²) in [5.41, 5.74) is 3.54. The number of hydrogen-bond acceptors (Lipinski definition) is 7. The van der Waals surface area contributed by atoms with Crippen LogP contribution >= 0.6 is 11.6 Å². The molecular formula is C37H53ClN4O4S. The minimum Gasteiger partial charge on any atom is -0.487 e. The first-order valence-electron chi connectivity index (χ1n) is 17.7. The van der Waals surface area contributed by atoms with Gasteiger partial charge in [-0.25, -0.2) is 13.1 Å². The Balaban J connectivity index is 1.33. The lowest BCUT2D eigenvalue weighted by atomic mass is 9.65. The second-order valence-corrected chi connectivity index (χ2v) is 17.4. The van der Waals surface area contributed by atoms with Gasteiger partial charge in [-0.1, -0.05) is 31.0 Å². The number of fused-ring (bicyclic) bond motifs is 3. The molecule has 6 rings (SSSR count). The lowest BCUT2D eigenvalue weighted by Crippen LogP contribution is -2.59. The van der Waals surface area contributed by atoms with Crippen molar-refractivity contribution >= 4 is 33.2 Å². The minimum absolute atomic E-state index is 0.0535. The van der Waals surface area contributed by atoms with E-state index in [1.165, 1.54) is 18.4 Å². The standard InChI is InChI=1S/C37H53ClN4O4S/c1-25-8-7-10-29(20-41-22-33(23-41)40(3)4)34-15-12-30(34)21-42-17-6-5-9-27-18-32(38)14-11-31(27)24-46-36-16-13-28(19-35(36)42)37(43)39-47(44,45)26(25)2/h11,13-14,16,18-19,25-26,29-30,33-34H,5-10,12,15,17,20-24H2,1-4H3,(H,39,43)/t25-,26+,29-,30-,34-/m0/s1. The number of carbonyl (C=O) groups is 1. The number of hydrogen-bond donors (Lipinski definition) is 1. The summed E-state index contributed by atoms with van der Waals surface area (Å²) in [4.78, 5) is 20.9. The highest BCUT2D eigenvalue weighted by molar-refractivity contribution is 7.90. The van der Waals surface area contributed by atoms with Crippen LogP contribution in [0.1, 0.15) is 80.3 Å². The molecule has 0 radical (unpaired) electrons. The van der Waals surface area contributed by atoms with E-state index in [0.717, 1.165) is 93.3 Å². The van der Waals surface area contributed by atoms with Gasteiger partial charge in [0.05, 0.1) is 10.9 Å². The molecule has 4 aliphatic rings. The lowest BCUT2D eigenvalue weighted by Gasteiger charge is -2.49. The summed E-state index contributed by atoms with van der Waals surface area (Å²) in [6, 6.07) is 12.0. The molecule has 5 atom stereocenters. The number of halogens is 1. The summed E-state index contributed by atoms with van der Waals surface area (Å²) in [5.74, 6) is 1.88. The predicted octanol–water partition coefficient (Wildman–Crippen LogP) is 6.22. The Morgan fingerprint density at radius 3 is 2.51 bits per heavy atom. The number of likely N-dealkylation sites (N-methyl/N-ethyl adjacent to an activating group) is 1. The molecule has 47 heavy (non-hydrogen) atoms. The predicted molar refractivity (Wildman–Crippen MR) is 190 cm³/mol. The number of aryl methyl sites for hydroxylation is 1. The van der Waals surface area contributed by atoms with Crippen molar-refractivity contribution in [3.05, 3.63) is 58.1 Å². The number of benzene rings is 2. The first kappa shape index (κ1) is 34.5. The Labute approximate surface area is 287 Å². The van der Waals surface area contributed by atoms with Gasteiger partial charge in [0.25, 0.3) is 5.91 Å². The second-order valence-electron chi connectivity index (χ2n) is 15.0. The van der Waals surface area contributed by atoms with E-state index in [1.807, 2.05) is 31.2 Å². The zero-order valence-corrected chi connectivity index (χ0v) is 30.2. The summed E-state index contributed by atoms with van der Waals surface area (Å²) < 4.78 is 35.8. The number of amides is 1. The second kappa shape index (κ2) is 14.7. The molecule has 2 aromatic carbocycles. The molecule has 258 valence electrons. The van der Waals surface area contributed by atoms with E-state index in [-0.39, 0.29) is 5.92 Å². The molecule has 2 aromatic rings. The van der Waals surface area contributed by atoms with Crippen molar-refractivity contribution in [3.63, 3.8) is 0 Å². The van der Waals surface area contributed by atoms with Crippen molar-refractivity contribution in [1.82, 2.24) is 14.5 Å². The summed E-state index contributed by atoms with van der Waals surface area (Å²) in [7, 11) is 0.491. The number of nitrogens with one attached hydrogen (secondary N) is 1. The van der Waals surface area contributed by atoms with Crippen LogP contribution in [0.5, 0.6) is 5.75 Å². The highest BCUT2D eigenvalue weighted by Crippen LogP contribution is 2.45. The van der Waals surface area contributed by atoms with Gasteiger partial charge in [-0.05, 0) is 131 Å². The summed E-state index contributed by atoms with van der Waals surface area (Å²) >= 11 is 6.38. The molecule has 0 aromatic heterocycles. The zero-order valence-electron chi connectivity index (χ0n) is 28.6. The average molecular weight is 685 g/mol. The molecule has 3 aliphatic heterocycles. The maximum Gasteiger partial charge on any atom is 0.264 e. The van der Waals surface area contributed by atoms with E-state index >= 15 is 0 Å². The molecule has 1 saturated carbocycles. The Hall–Kier alpha value is -2.33. The molecule has 2 fully saturated rings. The molecule has 10 heteroatoms. The molecule has 1 N–H and O–H groups in total. The van der Waals surface area contributed by atoms with Crippen LogP contribution in [0.3, 0.4) is 0 Å². The molecule has 3 heterocycles. The topological polar surface area (TPSA) is 82.2 Å². The smallest absolute Gasteiger partial charge is 0.264 e. The fraction of sp³-hybridized carbons (Fsp3) is 0.649. The number of sulfonamides is 1. The highest BCUT2D eigenvalue weighted by Gasteiger charge is 2.41. The van der Waals surface area contributed by atoms with Crippen molar-refractivity contribution in [3.8, 4) is 5.75 Å². The Morgan fingerprint density at radius 1 is 0.957 bits per heavy atom. The van der Waals surface area contributed by atoms with Gasteiger partial charge in [0.1, 0.15) is 12.4 Å². The quantitative estimate of drug-likeness (QED) is 0.411. The molecule has 1 aliphatic carbocycles. The van der Waals surface area contributed by atoms with Crippen molar-refractivity contribution < 1.29 is 17.9 Å². The third kappa shape index (κ3) is 7.95. The maximum absolute atomic E-state index is 13.5. The molecule has 0 spiro atoms. The summed E-state index contributed by atoms with van der Waals surface area (Å²) in [6.45, 7) is 9.27. The molecule has 0 unspecified atom stereocenters. The van der Waals surface area contributed by atoms with Gasteiger partial charge in [-0.2, -0.15) is 0 Å². The van der Waals surface area contributed by atoms with Gasteiger partial charge < -0.3 is 14.5 Å². The van der Waals surface area contributed by atoms with Gasteiger partial charge >= 0.3 is 0 Å². The third-order valence-corrected chi connectivity index (χ3v) is 13.8. The van der Waals surface area contributed by atoms with Crippen molar-refractivity contribution in [1.29, 1.82) is 0 Å². The number of likely N-dealkylation sites (tertiary alicyclic amines) is 1. The van der Waals surface area contributed by atoms with E-state index in [9.17, 15) is 13.2 Å². The van der Waals surface area contributed by atoms with Crippen LogP contribution in [0.2, 0.25) is 5.02 Å². The van der Waals surface area contributed by atoms with E-state index in [0.29, 0.717) is 36.0 Å². The van der Waals surface area contributed by atoms with E-state index in [1.54, 1.807) is 13.0 Å². The SMILES string of the molecule is C[C@@H]1[C@@H](C)CCC[C@@H](CN2CC(N(C)C)C2)[C@@H]2CC[C@H]2CN2CCCCc3cc(Cl)ccc3COc3ccc(cc32)C(=O)NS1(=O)=O. The largest absolute Gasteiger partial charge is 0.487 e. The molecule has 2 bridgehead atoms. The van der Waals surface area contributed by atoms with Crippen LogP contribution in [-0.2, 0) is 23.1 Å². The highest BCUT2D eigenvalue weighted by atomic mass is 35.5. The van der Waals surface area contributed by atoms with Crippen molar-refractivity contribution in [2.75, 3.05) is 51.7 Å². The van der Waals surface area contributed by atoms with Gasteiger partial charge in [-0.3, -0.25) is 9.69 Å². The average Bonchev–Trinajstić information content (AvgIpc) is 3.02. The Bertz CT molecular complexity index is 1530. The van der Waals surface area contributed by atoms with Crippen LogP contribution in [-0.4, -0.2) is 82.2 Å². The van der Waals surface area contributed by atoms with E-state index < -0.39 is 21.2 Å². The lowest BCUT2D eigenvalue weighted by molar-refractivity contribution is 0.0123. The third-order valence-electron chi connectivity index (χ3n) is 11.7. The molecule has 1 saturated heterocycles. The van der Waals surface area contributed by atoms with Crippen molar-refractivity contribution in [2.45, 2.75) is 83.1 Å². The number of anilines is 1. The van der Waals surface area contributed by atoms with Gasteiger partial charge in [0.15, 0.2) is 0 Å². The normalized spacial score (nSPS) is 29.3. The molecular weight excluding hydrogens is 632 g/mol. The number of rotatable bonds is 3. The number of nitrogens with zero attached hydrogens (tertiary/aromatic N) is 3. The molecule has 1 amide bonds. The van der Waals surface area contributed by atoms with Crippen LogP contribution in [0, 0.1) is 23.7 Å². The molecule has 8 nitrogen and oxygen atoms in total. The first-order valence-corrected chi connectivity index (χ1v) is 19.6. The minimum atomic E-state index is -3.85. The van der Waals surface area contributed by atoms with Crippen molar-refractivity contribution in [2.24, 2.45) is 23.7 Å². The van der Waals surface area contributed by atoms with Crippen LogP contribution in [0.25, 0.3) is 0 Å². The van der Waals surface area contributed by atoms with E-state index in [4.69, 9.17) is 16.3 Å². The summed E-state index contributed by atoms with van der Waals surface area (Å²) in [6.07, 6.45) is 8.35. The van der Waals surface area contributed by atoms with Gasteiger partial charge in [0, 0.05) is 49.4 Å². The van der Waals surface area contributed by atoms with Crippen LogP contribution in [0.15, 0.2) is 36.4 Å². The van der Waals surface area contributed by atoms with Crippen LogP contribution in [0.4, 0.5) is 5.69 Å². The number of carbonyl (C=O) groups excluding carboxylic acids is 1. The maximum atomic E-state index is 13.5.